The van der Waals surface area contributed by atoms with Crippen molar-refractivity contribution >= 4 is 11.6 Å². The smallest absolute Gasteiger partial charge is 0.232 e. The molecule has 5 aliphatic rings. The monoisotopic (exact) mass is 498 g/mol. The van der Waals surface area contributed by atoms with Crippen molar-refractivity contribution in [3.05, 3.63) is 53.8 Å². The fraction of sp³-hybridized carbons (Fsp3) is 0.533. The van der Waals surface area contributed by atoms with Gasteiger partial charge in [0.05, 0.1) is 12.5 Å². The van der Waals surface area contributed by atoms with Crippen molar-refractivity contribution < 1.29 is 14.1 Å². The first-order valence-corrected chi connectivity index (χ1v) is 13.8. The summed E-state index contributed by atoms with van der Waals surface area (Å²) in [5, 5.41) is 7.61. The van der Waals surface area contributed by atoms with E-state index in [0.717, 1.165) is 79.9 Å². The third-order valence-corrected chi connectivity index (χ3v) is 9.19. The van der Waals surface area contributed by atoms with Crippen LogP contribution in [0.2, 0.25) is 0 Å². The van der Waals surface area contributed by atoms with Gasteiger partial charge >= 0.3 is 0 Å². The summed E-state index contributed by atoms with van der Waals surface area (Å²) in [6.45, 7) is 0. The number of ether oxygens (including phenoxy) is 1. The SMILES string of the molecule is COc1cc(-c2cccc(NC(=O)C3CCCCC3)c2CC23CC(c4nc(C5CC5)no4)(C2)C3)ccn1. The second-order valence-electron chi connectivity index (χ2n) is 12.0. The Balaban J connectivity index is 1.17. The molecule has 2 heterocycles. The molecule has 5 saturated carbocycles. The van der Waals surface area contributed by atoms with Gasteiger partial charge < -0.3 is 14.6 Å². The highest BCUT2D eigenvalue weighted by Crippen LogP contribution is 2.74. The van der Waals surface area contributed by atoms with Crippen LogP contribution in [-0.2, 0) is 16.6 Å². The van der Waals surface area contributed by atoms with Crippen molar-refractivity contribution in [3.63, 3.8) is 0 Å². The fourth-order valence-electron chi connectivity index (χ4n) is 7.20. The average Bonchev–Trinajstić information content (AvgIpc) is 3.63. The third-order valence-electron chi connectivity index (χ3n) is 9.19. The van der Waals surface area contributed by atoms with Gasteiger partial charge in [-0.25, -0.2) is 4.98 Å². The number of nitrogens with one attached hydrogen (secondary N) is 1. The van der Waals surface area contributed by atoms with Crippen LogP contribution in [0, 0.1) is 11.3 Å². The average molecular weight is 499 g/mol. The quantitative estimate of drug-likeness (QED) is 0.398. The van der Waals surface area contributed by atoms with Gasteiger partial charge in [0.1, 0.15) is 0 Å². The molecular formula is C30H34N4O3. The molecule has 0 unspecified atom stereocenters. The van der Waals surface area contributed by atoms with E-state index in [4.69, 9.17) is 14.2 Å². The zero-order valence-corrected chi connectivity index (χ0v) is 21.5. The number of rotatable bonds is 8. The number of carbonyl (C=O) groups is 1. The number of aromatic nitrogens is 3. The zero-order valence-electron chi connectivity index (χ0n) is 21.5. The molecule has 1 aromatic carbocycles. The van der Waals surface area contributed by atoms with Crippen molar-refractivity contribution in [2.45, 2.75) is 82.0 Å². The molecule has 0 aliphatic heterocycles. The minimum Gasteiger partial charge on any atom is -0.481 e. The van der Waals surface area contributed by atoms with E-state index in [1.165, 1.54) is 24.8 Å². The highest BCUT2D eigenvalue weighted by molar-refractivity contribution is 5.94. The van der Waals surface area contributed by atoms with E-state index in [2.05, 4.69) is 27.6 Å². The maximum atomic E-state index is 13.3. The molecule has 2 bridgehead atoms. The molecule has 7 nitrogen and oxygen atoms in total. The predicted molar refractivity (Wildman–Crippen MR) is 139 cm³/mol. The van der Waals surface area contributed by atoms with Gasteiger partial charge in [0.2, 0.25) is 17.7 Å². The highest BCUT2D eigenvalue weighted by atomic mass is 16.5. The first kappa shape index (κ1) is 22.9. The van der Waals surface area contributed by atoms with Crippen molar-refractivity contribution in [2.24, 2.45) is 11.3 Å². The van der Waals surface area contributed by atoms with Gasteiger partial charge in [-0.05, 0) is 85.6 Å². The molecule has 192 valence electrons. The summed E-state index contributed by atoms with van der Waals surface area (Å²) in [7, 11) is 1.64. The molecule has 0 spiro atoms. The molecule has 5 fully saturated rings. The first-order valence-electron chi connectivity index (χ1n) is 13.8. The molecule has 0 radical (unpaired) electrons. The van der Waals surface area contributed by atoms with Crippen LogP contribution in [0.15, 0.2) is 41.1 Å². The predicted octanol–water partition coefficient (Wildman–Crippen LogP) is 6.20. The third kappa shape index (κ3) is 4.03. The molecule has 2 aromatic heterocycles. The highest BCUT2D eigenvalue weighted by Gasteiger charge is 2.70. The largest absolute Gasteiger partial charge is 0.481 e. The van der Waals surface area contributed by atoms with E-state index in [1.807, 2.05) is 18.2 Å². The molecule has 1 amide bonds. The number of hydrogen-bond donors (Lipinski definition) is 1. The lowest BCUT2D eigenvalue weighted by Gasteiger charge is -2.69. The Morgan fingerprint density at radius 2 is 1.92 bits per heavy atom. The van der Waals surface area contributed by atoms with Gasteiger partial charge in [-0.3, -0.25) is 4.79 Å². The van der Waals surface area contributed by atoms with Gasteiger partial charge in [-0.1, -0.05) is 36.6 Å². The topological polar surface area (TPSA) is 90.1 Å². The molecule has 0 atom stereocenters. The summed E-state index contributed by atoms with van der Waals surface area (Å²) in [6, 6.07) is 10.3. The Labute approximate surface area is 217 Å². The molecular weight excluding hydrogens is 464 g/mol. The number of carbonyl (C=O) groups excluding carboxylic acids is 1. The standard InChI is InChI=1S/C30H34N4O3/c1-36-25-14-21(12-13-31-25)22-8-5-9-24(32-27(35)20-6-3-2-4-7-20)23(22)15-29-16-30(17-29,18-29)28-33-26(34-37-28)19-10-11-19/h5,8-9,12-14,19-20H,2-4,6-7,10-11,15-18H2,1H3,(H,32,35). The number of nitrogens with zero attached hydrogens (tertiary/aromatic N) is 3. The van der Waals surface area contributed by atoms with Crippen LogP contribution < -0.4 is 10.1 Å². The first-order chi connectivity index (χ1) is 18.1. The zero-order chi connectivity index (χ0) is 25.0. The number of amides is 1. The number of anilines is 1. The molecule has 37 heavy (non-hydrogen) atoms. The van der Waals surface area contributed by atoms with Crippen LogP contribution in [0.4, 0.5) is 5.69 Å². The summed E-state index contributed by atoms with van der Waals surface area (Å²) in [4.78, 5) is 22.3. The second kappa shape index (κ2) is 8.67. The van der Waals surface area contributed by atoms with E-state index in [-0.39, 0.29) is 22.7 Å². The summed E-state index contributed by atoms with van der Waals surface area (Å²) >= 11 is 0. The van der Waals surface area contributed by atoms with Gasteiger partial charge in [-0.2, -0.15) is 4.98 Å². The number of hydrogen-bond acceptors (Lipinski definition) is 6. The Bertz CT molecular complexity index is 1320. The van der Waals surface area contributed by atoms with E-state index in [1.54, 1.807) is 13.3 Å². The van der Waals surface area contributed by atoms with Gasteiger partial charge in [0.15, 0.2) is 5.82 Å². The van der Waals surface area contributed by atoms with E-state index in [0.29, 0.717) is 11.8 Å². The summed E-state index contributed by atoms with van der Waals surface area (Å²) in [6.07, 6.45) is 13.8. The van der Waals surface area contributed by atoms with Gasteiger partial charge in [-0.15, -0.1) is 0 Å². The minimum absolute atomic E-state index is 0.0560. The van der Waals surface area contributed by atoms with Crippen LogP contribution in [0.3, 0.4) is 0 Å². The van der Waals surface area contributed by atoms with Crippen LogP contribution >= 0.6 is 0 Å². The van der Waals surface area contributed by atoms with Crippen LogP contribution in [0.25, 0.3) is 11.1 Å². The summed E-state index contributed by atoms with van der Waals surface area (Å²) < 4.78 is 11.1. The number of methoxy groups -OCH3 is 1. The minimum atomic E-state index is 0.0560. The van der Waals surface area contributed by atoms with Crippen molar-refractivity contribution in [1.29, 1.82) is 0 Å². The molecule has 0 saturated heterocycles. The van der Waals surface area contributed by atoms with E-state index < -0.39 is 0 Å². The Kier molecular flexibility index (Phi) is 5.38. The Hall–Kier alpha value is -3.22. The Morgan fingerprint density at radius 1 is 1.11 bits per heavy atom. The maximum Gasteiger partial charge on any atom is 0.232 e. The van der Waals surface area contributed by atoms with Gasteiger partial charge in [0.25, 0.3) is 0 Å². The fourth-order valence-corrected chi connectivity index (χ4v) is 7.20. The molecule has 3 aromatic rings. The van der Waals surface area contributed by atoms with Gasteiger partial charge in [0, 0.05) is 29.8 Å². The Morgan fingerprint density at radius 3 is 2.68 bits per heavy atom. The molecule has 1 N–H and O–H groups in total. The number of benzene rings is 1. The van der Waals surface area contributed by atoms with Crippen molar-refractivity contribution in [2.75, 3.05) is 12.4 Å². The van der Waals surface area contributed by atoms with Crippen LogP contribution in [0.5, 0.6) is 5.88 Å². The van der Waals surface area contributed by atoms with Crippen molar-refractivity contribution in [1.82, 2.24) is 15.1 Å². The molecule has 7 heteroatoms. The normalized spacial score (nSPS) is 26.7. The van der Waals surface area contributed by atoms with E-state index >= 15 is 0 Å². The summed E-state index contributed by atoms with van der Waals surface area (Å²) in [5.41, 5.74) is 4.61. The van der Waals surface area contributed by atoms with Crippen LogP contribution in [-0.4, -0.2) is 28.1 Å². The van der Waals surface area contributed by atoms with Crippen molar-refractivity contribution in [3.8, 4) is 17.0 Å². The lowest BCUT2D eigenvalue weighted by molar-refractivity contribution is -0.154. The maximum absolute atomic E-state index is 13.3. The van der Waals surface area contributed by atoms with E-state index in [9.17, 15) is 4.79 Å². The summed E-state index contributed by atoms with van der Waals surface area (Å²) in [5.74, 6) is 3.12. The van der Waals surface area contributed by atoms with Crippen LogP contribution in [0.1, 0.15) is 87.4 Å². The lowest BCUT2D eigenvalue weighted by Crippen LogP contribution is -2.65. The number of pyridine rings is 1. The second-order valence-corrected chi connectivity index (χ2v) is 12.0. The molecule has 5 aliphatic carbocycles. The lowest BCUT2D eigenvalue weighted by atomic mass is 9.34. The molecule has 8 rings (SSSR count).